The van der Waals surface area contributed by atoms with Crippen LogP contribution in [0.25, 0.3) is 0 Å². The molecule has 1 heterocycles. The van der Waals surface area contributed by atoms with E-state index in [0.717, 1.165) is 43.4 Å². The van der Waals surface area contributed by atoms with Crippen LogP contribution in [0, 0.1) is 0 Å². The number of anilines is 1. The topological polar surface area (TPSA) is 66.5 Å². The molecule has 0 spiro atoms. The van der Waals surface area contributed by atoms with Crippen LogP contribution < -0.4 is 5.32 Å². The largest absolute Gasteiger partial charge is 0.325 e. The van der Waals surface area contributed by atoms with E-state index in [1.54, 1.807) is 0 Å². The van der Waals surface area contributed by atoms with Crippen LogP contribution in [0.2, 0.25) is 0 Å². The molecule has 0 radical (unpaired) electrons. The fraction of sp³-hybridized carbons (Fsp3) is 0.533. The maximum Gasteiger partial charge on any atom is 0.239 e. The van der Waals surface area contributed by atoms with Gasteiger partial charge in [-0.2, -0.15) is 4.31 Å². The van der Waals surface area contributed by atoms with Gasteiger partial charge in [0.2, 0.25) is 15.9 Å². The summed E-state index contributed by atoms with van der Waals surface area (Å²) in [5.74, 6) is -0.234. The van der Waals surface area contributed by atoms with E-state index in [0.29, 0.717) is 0 Å². The first-order valence-corrected chi connectivity index (χ1v) is 9.00. The number of aryl methyl sites for hydroxylation is 1. The van der Waals surface area contributed by atoms with E-state index in [9.17, 15) is 13.2 Å². The second kappa shape index (κ2) is 4.55. The molecule has 1 atom stereocenters. The molecule has 2 aliphatic carbocycles. The van der Waals surface area contributed by atoms with E-state index in [2.05, 4.69) is 5.32 Å². The summed E-state index contributed by atoms with van der Waals surface area (Å²) in [6, 6.07) is 5.67. The molecule has 1 aromatic carbocycles. The summed E-state index contributed by atoms with van der Waals surface area (Å²) >= 11 is 0. The minimum atomic E-state index is -3.36. The highest BCUT2D eigenvalue weighted by molar-refractivity contribution is 7.90. The predicted molar refractivity (Wildman–Crippen MR) is 79.4 cm³/mol. The maximum atomic E-state index is 12.7. The summed E-state index contributed by atoms with van der Waals surface area (Å²) in [6.07, 6.45) is 4.16. The van der Waals surface area contributed by atoms with Crippen LogP contribution in [-0.4, -0.2) is 30.4 Å². The smallest absolute Gasteiger partial charge is 0.239 e. The van der Waals surface area contributed by atoms with E-state index in [1.807, 2.05) is 18.2 Å². The van der Waals surface area contributed by atoms with Crippen LogP contribution in [0.1, 0.15) is 42.9 Å². The molecule has 112 valence electrons. The summed E-state index contributed by atoms with van der Waals surface area (Å²) in [5, 5.41) is 2.60. The first-order valence-electron chi connectivity index (χ1n) is 7.49. The molecule has 0 bridgehead atoms. The van der Waals surface area contributed by atoms with Crippen molar-refractivity contribution in [2.24, 2.45) is 0 Å². The van der Waals surface area contributed by atoms with Gasteiger partial charge in [0, 0.05) is 5.69 Å². The minimum Gasteiger partial charge on any atom is -0.325 e. The molecule has 5 nitrogen and oxygen atoms in total. The molecule has 21 heavy (non-hydrogen) atoms. The Kier molecular flexibility index (Phi) is 2.87. The molecule has 1 N–H and O–H groups in total. The van der Waals surface area contributed by atoms with Gasteiger partial charge in [-0.25, -0.2) is 8.42 Å². The number of nitrogens with zero attached hydrogens (tertiary/aromatic N) is 1. The summed E-state index contributed by atoms with van der Waals surface area (Å²) < 4.78 is 26.9. The highest BCUT2D eigenvalue weighted by atomic mass is 32.2. The van der Waals surface area contributed by atoms with Crippen LogP contribution in [0.4, 0.5) is 5.69 Å². The number of carbonyl (C=O) groups is 1. The Morgan fingerprint density at radius 2 is 2.00 bits per heavy atom. The molecule has 0 aromatic heterocycles. The lowest BCUT2D eigenvalue weighted by Gasteiger charge is -2.33. The number of hydrogen-bond donors (Lipinski definition) is 1. The number of hydrogen-bond acceptors (Lipinski definition) is 3. The van der Waals surface area contributed by atoms with Crippen LogP contribution >= 0.6 is 0 Å². The lowest BCUT2D eigenvalue weighted by molar-refractivity contribution is -0.116. The second-order valence-electron chi connectivity index (χ2n) is 6.12. The molecule has 1 aromatic rings. The Morgan fingerprint density at radius 1 is 1.19 bits per heavy atom. The van der Waals surface area contributed by atoms with Crippen LogP contribution in [0.5, 0.6) is 0 Å². The highest BCUT2D eigenvalue weighted by Gasteiger charge is 2.46. The molecule has 3 aliphatic rings. The van der Waals surface area contributed by atoms with E-state index >= 15 is 0 Å². The number of rotatable bonds is 2. The summed E-state index contributed by atoms with van der Waals surface area (Å²) in [4.78, 5) is 12.1. The van der Waals surface area contributed by atoms with E-state index in [1.165, 1.54) is 9.87 Å². The zero-order valence-corrected chi connectivity index (χ0v) is 12.5. The van der Waals surface area contributed by atoms with E-state index in [4.69, 9.17) is 0 Å². The molecule has 1 aliphatic heterocycles. The van der Waals surface area contributed by atoms with Crippen LogP contribution in [-0.2, 0) is 21.2 Å². The van der Waals surface area contributed by atoms with Gasteiger partial charge in [0.1, 0.15) is 0 Å². The molecule has 1 saturated carbocycles. The van der Waals surface area contributed by atoms with Crippen molar-refractivity contribution >= 4 is 21.6 Å². The second-order valence-corrected chi connectivity index (χ2v) is 8.29. The van der Waals surface area contributed by atoms with Crippen LogP contribution in [0.3, 0.4) is 0 Å². The van der Waals surface area contributed by atoms with Gasteiger partial charge in [-0.1, -0.05) is 12.1 Å². The monoisotopic (exact) mass is 306 g/mol. The predicted octanol–water partition coefficient (Wildman–Crippen LogP) is 1.81. The minimum absolute atomic E-state index is 0.0579. The number of carbonyl (C=O) groups excluding carboxylic acids is 1. The molecular weight excluding hydrogens is 288 g/mol. The fourth-order valence-electron chi connectivity index (χ4n) is 3.52. The number of nitrogens with one attached hydrogen (secondary N) is 1. The zero-order chi connectivity index (χ0) is 14.6. The van der Waals surface area contributed by atoms with Crippen molar-refractivity contribution in [3.63, 3.8) is 0 Å². The van der Waals surface area contributed by atoms with Gasteiger partial charge >= 0.3 is 0 Å². The van der Waals surface area contributed by atoms with Crippen molar-refractivity contribution in [3.8, 4) is 0 Å². The first-order chi connectivity index (χ1) is 10.1. The molecule has 0 saturated heterocycles. The van der Waals surface area contributed by atoms with Gasteiger partial charge < -0.3 is 5.32 Å². The number of sulfonamides is 1. The Bertz CT molecular complexity index is 710. The van der Waals surface area contributed by atoms with Crippen molar-refractivity contribution in [2.75, 3.05) is 11.9 Å². The van der Waals surface area contributed by atoms with Gasteiger partial charge in [0.05, 0.1) is 17.8 Å². The molecule has 1 fully saturated rings. The Morgan fingerprint density at radius 3 is 2.76 bits per heavy atom. The number of amides is 1. The summed E-state index contributed by atoms with van der Waals surface area (Å²) in [6.45, 7) is -0.0579. The average molecular weight is 306 g/mol. The first kappa shape index (κ1) is 13.3. The molecule has 6 heteroatoms. The van der Waals surface area contributed by atoms with Crippen molar-refractivity contribution in [1.29, 1.82) is 0 Å². The summed E-state index contributed by atoms with van der Waals surface area (Å²) in [5.41, 5.74) is 2.97. The number of benzene rings is 1. The molecule has 1 unspecified atom stereocenters. The van der Waals surface area contributed by atoms with Crippen molar-refractivity contribution in [3.05, 3.63) is 29.3 Å². The molecule has 1 amide bonds. The van der Waals surface area contributed by atoms with Gasteiger partial charge in [0.25, 0.3) is 0 Å². The summed E-state index contributed by atoms with van der Waals surface area (Å²) in [7, 11) is -3.36. The van der Waals surface area contributed by atoms with Crippen molar-refractivity contribution < 1.29 is 13.2 Å². The van der Waals surface area contributed by atoms with E-state index < -0.39 is 10.0 Å². The Hall–Kier alpha value is -1.40. The van der Waals surface area contributed by atoms with Gasteiger partial charge in [0.15, 0.2) is 0 Å². The lowest BCUT2D eigenvalue weighted by atomic mass is 9.86. The van der Waals surface area contributed by atoms with Gasteiger partial charge in [-0.15, -0.1) is 0 Å². The molecule has 4 rings (SSSR count). The lowest BCUT2D eigenvalue weighted by Crippen LogP contribution is -2.41. The third-order valence-corrected chi connectivity index (χ3v) is 7.00. The standard InChI is InChI=1S/C15H18N2O3S/c18-14-9-17(21(19,20)11-7-8-11)13-6-2-4-10-3-1-5-12(16-14)15(10)13/h1,3,5,11,13H,2,4,6-9H2,(H,16,18). The Balaban J connectivity index is 1.86. The Labute approximate surface area is 124 Å². The quantitative estimate of drug-likeness (QED) is 0.906. The van der Waals surface area contributed by atoms with Crippen molar-refractivity contribution in [1.82, 2.24) is 4.31 Å². The third-order valence-electron chi connectivity index (χ3n) is 4.65. The van der Waals surface area contributed by atoms with Crippen LogP contribution in [0.15, 0.2) is 18.2 Å². The fourth-order valence-corrected chi connectivity index (χ4v) is 5.50. The zero-order valence-electron chi connectivity index (χ0n) is 11.7. The van der Waals surface area contributed by atoms with Gasteiger partial charge in [-0.3, -0.25) is 4.79 Å². The van der Waals surface area contributed by atoms with Crippen molar-refractivity contribution in [2.45, 2.75) is 43.4 Å². The molecular formula is C15H18N2O3S. The highest BCUT2D eigenvalue weighted by Crippen LogP contribution is 2.44. The normalized spacial score (nSPS) is 25.9. The third kappa shape index (κ3) is 2.08. The van der Waals surface area contributed by atoms with E-state index in [-0.39, 0.29) is 23.7 Å². The SMILES string of the molecule is O=C1CN(S(=O)(=O)C2CC2)C2CCCc3cccc(c32)N1. The maximum absolute atomic E-state index is 12.7. The average Bonchev–Trinajstić information content (AvgIpc) is 3.28. The van der Waals surface area contributed by atoms with Gasteiger partial charge in [-0.05, 0) is 49.3 Å².